The van der Waals surface area contributed by atoms with E-state index in [0.717, 1.165) is 37.5 Å². The first kappa shape index (κ1) is 23.2. The molecule has 0 N–H and O–H groups in total. The molecular formula is C24H26N8O2S. The van der Waals surface area contributed by atoms with E-state index in [1.807, 2.05) is 28.7 Å². The molecule has 4 aromatic rings. The molecule has 0 amide bonds. The molecule has 11 heteroatoms. The zero-order valence-electron chi connectivity index (χ0n) is 19.5. The molecule has 35 heavy (non-hydrogen) atoms. The molecule has 0 radical (unpaired) electrons. The maximum Gasteiger partial charge on any atom is 0.262 e. The van der Waals surface area contributed by atoms with Gasteiger partial charge in [-0.1, -0.05) is 12.1 Å². The van der Waals surface area contributed by atoms with Crippen molar-refractivity contribution in [3.05, 3.63) is 63.3 Å². The Kier molecular flexibility index (Phi) is 6.59. The van der Waals surface area contributed by atoms with Crippen molar-refractivity contribution < 1.29 is 4.74 Å². The molecule has 180 valence electrons. The summed E-state index contributed by atoms with van der Waals surface area (Å²) in [4.78, 5) is 22.1. The smallest absolute Gasteiger partial charge is 0.262 e. The number of nitriles is 1. The molecule has 3 aromatic heterocycles. The van der Waals surface area contributed by atoms with E-state index in [4.69, 9.17) is 22.1 Å². The number of pyridine rings is 1. The molecule has 0 spiro atoms. The van der Waals surface area contributed by atoms with Gasteiger partial charge in [0, 0.05) is 52.6 Å². The zero-order valence-corrected chi connectivity index (χ0v) is 20.3. The number of benzene rings is 1. The fraction of sp³-hybridized carbons (Fsp3) is 0.375. The number of methoxy groups -OCH3 is 1. The summed E-state index contributed by atoms with van der Waals surface area (Å²) in [7, 11) is 1.65. The van der Waals surface area contributed by atoms with E-state index in [2.05, 4.69) is 20.9 Å². The van der Waals surface area contributed by atoms with Crippen molar-refractivity contribution in [3.63, 3.8) is 0 Å². The number of hydrogen-bond acceptors (Lipinski definition) is 8. The lowest BCUT2D eigenvalue weighted by Gasteiger charge is -2.35. The van der Waals surface area contributed by atoms with E-state index in [-0.39, 0.29) is 5.56 Å². The van der Waals surface area contributed by atoms with Crippen LogP contribution in [0.3, 0.4) is 0 Å². The molecule has 0 aliphatic carbocycles. The third-order valence-electron chi connectivity index (χ3n) is 6.33. The normalized spacial score (nSPS) is 14.6. The van der Waals surface area contributed by atoms with E-state index in [9.17, 15) is 10.1 Å². The average Bonchev–Trinajstić information content (AvgIpc) is 3.22. The summed E-state index contributed by atoms with van der Waals surface area (Å²) in [6, 6.07) is 13.3. The Morgan fingerprint density at radius 1 is 1.14 bits per heavy atom. The number of piperazine rings is 1. The molecule has 1 saturated heterocycles. The summed E-state index contributed by atoms with van der Waals surface area (Å²) in [6.45, 7) is 4.62. The van der Waals surface area contributed by atoms with Crippen LogP contribution in [0.15, 0.2) is 47.4 Å². The van der Waals surface area contributed by atoms with Gasteiger partial charge in [-0.05, 0) is 42.9 Å². The second-order valence-corrected chi connectivity index (χ2v) is 8.84. The van der Waals surface area contributed by atoms with Gasteiger partial charge in [-0.3, -0.25) is 18.7 Å². The maximum atomic E-state index is 13.3. The van der Waals surface area contributed by atoms with E-state index in [0.29, 0.717) is 47.7 Å². The van der Waals surface area contributed by atoms with Gasteiger partial charge in [0.15, 0.2) is 0 Å². The topological polar surface area (TPSA) is 96.6 Å². The monoisotopic (exact) mass is 490 g/mol. The van der Waals surface area contributed by atoms with Gasteiger partial charge in [0.2, 0.25) is 10.5 Å². The molecule has 10 nitrogen and oxygen atoms in total. The molecular weight excluding hydrogens is 464 g/mol. The van der Waals surface area contributed by atoms with Crippen LogP contribution in [-0.4, -0.2) is 68.5 Å². The van der Waals surface area contributed by atoms with Crippen molar-refractivity contribution in [2.45, 2.75) is 19.6 Å². The lowest BCUT2D eigenvalue weighted by atomic mass is 10.2. The minimum Gasteiger partial charge on any atom is -0.385 e. The van der Waals surface area contributed by atoms with Crippen molar-refractivity contribution >= 4 is 34.7 Å². The highest BCUT2D eigenvalue weighted by Gasteiger charge is 2.22. The van der Waals surface area contributed by atoms with Crippen molar-refractivity contribution in [1.29, 1.82) is 5.26 Å². The number of fused-ring (bicyclic) bond motifs is 3. The van der Waals surface area contributed by atoms with Gasteiger partial charge < -0.3 is 9.64 Å². The highest BCUT2D eigenvalue weighted by Crippen LogP contribution is 2.19. The number of ether oxygens (including phenoxy) is 1. The lowest BCUT2D eigenvalue weighted by molar-refractivity contribution is 0.190. The Bertz CT molecular complexity index is 1520. The van der Waals surface area contributed by atoms with E-state index in [1.165, 1.54) is 0 Å². The Morgan fingerprint density at radius 2 is 1.94 bits per heavy atom. The molecule has 0 unspecified atom stereocenters. The second-order valence-electron chi connectivity index (χ2n) is 8.47. The number of para-hydroxylation sites is 1. The number of nitrogens with zero attached hydrogens (tertiary/aromatic N) is 8. The molecule has 1 fully saturated rings. The third kappa shape index (κ3) is 4.32. The van der Waals surface area contributed by atoms with Gasteiger partial charge in [0.1, 0.15) is 11.9 Å². The summed E-state index contributed by atoms with van der Waals surface area (Å²) in [5.74, 6) is 1.27. The van der Waals surface area contributed by atoms with Crippen molar-refractivity contribution in [2.75, 3.05) is 44.8 Å². The number of aryl methyl sites for hydroxylation is 1. The van der Waals surface area contributed by atoms with Gasteiger partial charge in [-0.2, -0.15) is 5.26 Å². The Labute approximate surface area is 207 Å². The van der Waals surface area contributed by atoms with Crippen LogP contribution in [0.4, 0.5) is 5.82 Å². The van der Waals surface area contributed by atoms with Gasteiger partial charge in [-0.25, -0.2) is 9.67 Å². The maximum absolute atomic E-state index is 13.3. The molecule has 4 heterocycles. The fourth-order valence-electron chi connectivity index (χ4n) is 4.56. The lowest BCUT2D eigenvalue weighted by Crippen LogP contribution is -2.47. The van der Waals surface area contributed by atoms with E-state index < -0.39 is 0 Å². The zero-order chi connectivity index (χ0) is 24.4. The first-order chi connectivity index (χ1) is 17.1. The predicted molar refractivity (Wildman–Crippen MR) is 135 cm³/mol. The SMILES string of the molecule is COCCCn1c(=O)c2ccccc2n2c(=S)n(CN3CCN(c4ncccc4C#N)CC3)nc12. The van der Waals surface area contributed by atoms with Crippen LogP contribution in [0.2, 0.25) is 0 Å². The summed E-state index contributed by atoms with van der Waals surface area (Å²) in [6.07, 6.45) is 2.42. The van der Waals surface area contributed by atoms with Crippen LogP contribution in [0.5, 0.6) is 0 Å². The average molecular weight is 491 g/mol. The van der Waals surface area contributed by atoms with Crippen LogP contribution >= 0.6 is 12.2 Å². The third-order valence-corrected chi connectivity index (χ3v) is 6.72. The number of rotatable bonds is 7. The quantitative estimate of drug-likeness (QED) is 0.288. The van der Waals surface area contributed by atoms with Crippen LogP contribution in [0.1, 0.15) is 12.0 Å². The van der Waals surface area contributed by atoms with Gasteiger partial charge in [0.25, 0.3) is 5.56 Å². The highest BCUT2D eigenvalue weighted by molar-refractivity contribution is 7.71. The predicted octanol–water partition coefficient (Wildman–Crippen LogP) is 2.26. The van der Waals surface area contributed by atoms with Crippen LogP contribution in [0.25, 0.3) is 16.7 Å². The molecule has 1 aliphatic rings. The number of aromatic nitrogens is 5. The van der Waals surface area contributed by atoms with Crippen LogP contribution in [0, 0.1) is 16.1 Å². The first-order valence-electron chi connectivity index (χ1n) is 11.5. The fourth-order valence-corrected chi connectivity index (χ4v) is 4.83. The summed E-state index contributed by atoms with van der Waals surface area (Å²) in [5, 5.41) is 14.8. The number of anilines is 1. The second kappa shape index (κ2) is 9.95. The molecule has 0 atom stereocenters. The summed E-state index contributed by atoms with van der Waals surface area (Å²) < 4.78 is 11.1. The Hall–Kier alpha value is -3.59. The first-order valence-corrected chi connectivity index (χ1v) is 12.0. The van der Waals surface area contributed by atoms with Gasteiger partial charge in [-0.15, -0.1) is 5.10 Å². The standard InChI is InChI=1S/C24H26N8O2S/c1-34-15-5-10-30-22(33)19-7-2-3-8-20(19)32-23(30)27-31(24(32)35)17-28-11-13-29(14-12-28)21-18(16-25)6-4-9-26-21/h2-4,6-9H,5,10-15,17H2,1H3. The van der Waals surface area contributed by atoms with E-state index >= 15 is 0 Å². The molecule has 0 saturated carbocycles. The summed E-state index contributed by atoms with van der Waals surface area (Å²) >= 11 is 5.83. The molecule has 0 bridgehead atoms. The largest absolute Gasteiger partial charge is 0.385 e. The molecule has 1 aromatic carbocycles. The van der Waals surface area contributed by atoms with Crippen molar-refractivity contribution in [1.82, 2.24) is 28.6 Å². The van der Waals surface area contributed by atoms with Crippen LogP contribution in [-0.2, 0) is 18.0 Å². The highest BCUT2D eigenvalue weighted by atomic mass is 32.1. The van der Waals surface area contributed by atoms with Gasteiger partial charge >= 0.3 is 0 Å². The Balaban J connectivity index is 1.44. The Morgan fingerprint density at radius 3 is 2.71 bits per heavy atom. The minimum absolute atomic E-state index is 0.0753. The number of hydrogen-bond donors (Lipinski definition) is 0. The van der Waals surface area contributed by atoms with E-state index in [1.54, 1.807) is 34.7 Å². The summed E-state index contributed by atoms with van der Waals surface area (Å²) in [5.41, 5.74) is 1.27. The van der Waals surface area contributed by atoms with Crippen molar-refractivity contribution in [3.8, 4) is 6.07 Å². The van der Waals surface area contributed by atoms with Gasteiger partial charge in [0.05, 0.1) is 23.1 Å². The van der Waals surface area contributed by atoms with Crippen molar-refractivity contribution in [2.24, 2.45) is 0 Å². The molecule has 1 aliphatic heterocycles. The minimum atomic E-state index is -0.0753. The van der Waals surface area contributed by atoms with Crippen LogP contribution < -0.4 is 10.5 Å². The molecule has 5 rings (SSSR count).